The van der Waals surface area contributed by atoms with Crippen LogP contribution in [0.15, 0.2) is 18.5 Å². The van der Waals surface area contributed by atoms with E-state index in [4.69, 9.17) is 10.00 Å². The second-order valence-corrected chi connectivity index (χ2v) is 7.33. The minimum atomic E-state index is -0.0839. The molecule has 1 amide bonds. The minimum absolute atomic E-state index is 0.0839. The first-order chi connectivity index (χ1) is 15.2. The number of methoxy groups -OCH3 is 1. The zero-order valence-electron chi connectivity index (χ0n) is 18.8. The summed E-state index contributed by atoms with van der Waals surface area (Å²) in [7, 11) is 1.60. The van der Waals surface area contributed by atoms with Gasteiger partial charge in [0, 0.05) is 31.7 Å². The monoisotopic (exact) mass is 426 g/mol. The largest absolute Gasteiger partial charge is 0.383 e. The molecule has 8 heteroatoms. The SMILES string of the molecule is CC.COCCNC(=O)Cc1nc2c(cnc3[nH]ccc32)[nH]1.N#CCC1CCCCC1. The first-order valence-electron chi connectivity index (χ1n) is 11.1. The van der Waals surface area contributed by atoms with Crippen molar-refractivity contribution in [3.8, 4) is 6.07 Å². The Balaban J connectivity index is 0.000000261. The highest BCUT2D eigenvalue weighted by Crippen LogP contribution is 2.25. The number of nitrogens with zero attached hydrogens (tertiary/aromatic N) is 3. The van der Waals surface area contributed by atoms with Crippen LogP contribution in [0.2, 0.25) is 0 Å². The third-order valence-corrected chi connectivity index (χ3v) is 5.14. The van der Waals surface area contributed by atoms with E-state index in [1.807, 2.05) is 26.1 Å². The molecule has 3 aromatic heterocycles. The number of H-pyrrole nitrogens is 2. The summed E-state index contributed by atoms with van der Waals surface area (Å²) in [5, 5.41) is 12.1. The van der Waals surface area contributed by atoms with E-state index in [9.17, 15) is 4.79 Å². The fourth-order valence-corrected chi connectivity index (χ4v) is 3.64. The second-order valence-electron chi connectivity index (χ2n) is 7.33. The zero-order valence-corrected chi connectivity index (χ0v) is 18.8. The molecule has 0 spiro atoms. The number of nitrogens with one attached hydrogen (secondary N) is 3. The van der Waals surface area contributed by atoms with Gasteiger partial charge < -0.3 is 20.0 Å². The van der Waals surface area contributed by atoms with Crippen molar-refractivity contribution in [2.24, 2.45) is 5.92 Å². The number of aromatic amines is 2. The summed E-state index contributed by atoms with van der Waals surface area (Å²) >= 11 is 0. The average Bonchev–Trinajstić information content (AvgIpc) is 3.43. The molecule has 0 saturated heterocycles. The lowest BCUT2D eigenvalue weighted by atomic mass is 9.87. The van der Waals surface area contributed by atoms with Crippen molar-refractivity contribution >= 4 is 28.0 Å². The molecule has 0 unspecified atom stereocenters. The molecule has 1 aliphatic rings. The van der Waals surface area contributed by atoms with E-state index in [2.05, 4.69) is 31.3 Å². The molecule has 168 valence electrons. The predicted octanol–water partition coefficient (Wildman–Crippen LogP) is 4.25. The fourth-order valence-electron chi connectivity index (χ4n) is 3.64. The highest BCUT2D eigenvalue weighted by molar-refractivity contribution is 6.00. The zero-order chi connectivity index (χ0) is 22.5. The van der Waals surface area contributed by atoms with Gasteiger partial charge in [0.1, 0.15) is 17.0 Å². The summed E-state index contributed by atoms with van der Waals surface area (Å²) in [4.78, 5) is 26.6. The van der Waals surface area contributed by atoms with Crippen LogP contribution in [0.5, 0.6) is 0 Å². The van der Waals surface area contributed by atoms with E-state index in [0.717, 1.165) is 34.4 Å². The number of ether oxygens (including phenoxy) is 1. The molecular weight excluding hydrogens is 392 g/mol. The van der Waals surface area contributed by atoms with Gasteiger partial charge in [0.15, 0.2) is 0 Å². The molecule has 3 N–H and O–H groups in total. The molecule has 3 aromatic rings. The molecule has 0 bridgehead atoms. The summed E-state index contributed by atoms with van der Waals surface area (Å²) in [5.74, 6) is 1.29. The maximum Gasteiger partial charge on any atom is 0.227 e. The Hall–Kier alpha value is -2.92. The summed E-state index contributed by atoms with van der Waals surface area (Å²) in [5.41, 5.74) is 2.45. The number of rotatable bonds is 6. The lowest BCUT2D eigenvalue weighted by molar-refractivity contribution is -0.120. The number of carbonyl (C=O) groups excluding carboxylic acids is 1. The molecular formula is C23H34N6O2. The van der Waals surface area contributed by atoms with E-state index in [-0.39, 0.29) is 12.3 Å². The van der Waals surface area contributed by atoms with Crippen LogP contribution in [-0.4, -0.2) is 46.1 Å². The topological polar surface area (TPSA) is 119 Å². The van der Waals surface area contributed by atoms with Crippen molar-refractivity contribution in [3.63, 3.8) is 0 Å². The summed E-state index contributed by atoms with van der Waals surface area (Å²) in [6.07, 6.45) is 11.2. The van der Waals surface area contributed by atoms with E-state index in [0.29, 0.717) is 19.0 Å². The smallest absolute Gasteiger partial charge is 0.227 e. The number of pyridine rings is 1. The van der Waals surface area contributed by atoms with Crippen LogP contribution in [0.4, 0.5) is 0 Å². The highest BCUT2D eigenvalue weighted by atomic mass is 16.5. The van der Waals surface area contributed by atoms with E-state index < -0.39 is 0 Å². The van der Waals surface area contributed by atoms with Crippen molar-refractivity contribution in [1.29, 1.82) is 5.26 Å². The number of amides is 1. The molecule has 31 heavy (non-hydrogen) atoms. The van der Waals surface area contributed by atoms with Gasteiger partial charge >= 0.3 is 0 Å². The third-order valence-electron chi connectivity index (χ3n) is 5.14. The molecule has 1 saturated carbocycles. The first kappa shape index (κ1) is 24.4. The highest BCUT2D eigenvalue weighted by Gasteiger charge is 2.12. The van der Waals surface area contributed by atoms with Crippen molar-refractivity contribution in [2.75, 3.05) is 20.3 Å². The number of hydrogen-bond acceptors (Lipinski definition) is 5. The van der Waals surface area contributed by atoms with Gasteiger partial charge in [-0.25, -0.2) is 9.97 Å². The number of aromatic nitrogens is 4. The first-order valence-corrected chi connectivity index (χ1v) is 11.1. The Bertz CT molecular complexity index is 965. The van der Waals surface area contributed by atoms with Crippen molar-refractivity contribution in [3.05, 3.63) is 24.3 Å². The van der Waals surface area contributed by atoms with Gasteiger partial charge in [0.25, 0.3) is 0 Å². The Morgan fingerprint density at radius 2 is 2.10 bits per heavy atom. The van der Waals surface area contributed by atoms with Crippen molar-refractivity contribution in [2.45, 2.75) is 58.8 Å². The number of nitriles is 1. The van der Waals surface area contributed by atoms with Crippen LogP contribution in [0.25, 0.3) is 22.1 Å². The molecule has 1 fully saturated rings. The molecule has 3 heterocycles. The summed E-state index contributed by atoms with van der Waals surface area (Å²) in [6.45, 7) is 5.00. The number of carbonyl (C=O) groups is 1. The molecule has 4 rings (SSSR count). The van der Waals surface area contributed by atoms with E-state index >= 15 is 0 Å². The molecule has 0 radical (unpaired) electrons. The predicted molar refractivity (Wildman–Crippen MR) is 122 cm³/mol. The van der Waals surface area contributed by atoms with E-state index in [1.165, 1.54) is 32.1 Å². The average molecular weight is 427 g/mol. The van der Waals surface area contributed by atoms with Crippen molar-refractivity contribution < 1.29 is 9.53 Å². The molecule has 8 nitrogen and oxygen atoms in total. The standard InChI is InChI=1S/C13H15N5O2.C8H13N.C2H6/c1-20-5-4-14-11(19)6-10-17-9-7-16-13-8(2-3-15-13)12(9)18-10;9-7-6-8-4-2-1-3-5-8;1-2/h2-3,7H,4-6H2,1H3,(H,14,19)(H,15,16)(H,17,18);8H,1-6H2;1-2H3. The van der Waals surface area contributed by atoms with Gasteiger partial charge in [0.05, 0.1) is 30.8 Å². The molecule has 0 atom stereocenters. The quantitative estimate of drug-likeness (QED) is 0.509. The Morgan fingerprint density at radius 3 is 2.81 bits per heavy atom. The van der Waals surface area contributed by atoms with Gasteiger partial charge in [-0.1, -0.05) is 33.1 Å². The van der Waals surface area contributed by atoms with Crippen LogP contribution in [0, 0.1) is 17.2 Å². The van der Waals surface area contributed by atoms with Crippen molar-refractivity contribution in [1.82, 2.24) is 25.3 Å². The van der Waals surface area contributed by atoms with Crippen LogP contribution >= 0.6 is 0 Å². The lowest BCUT2D eigenvalue weighted by Crippen LogP contribution is -2.28. The maximum atomic E-state index is 11.7. The normalized spacial score (nSPS) is 13.6. The number of hydrogen-bond donors (Lipinski definition) is 3. The maximum absolute atomic E-state index is 11.7. The Morgan fingerprint density at radius 1 is 1.32 bits per heavy atom. The van der Waals surface area contributed by atoms with Crippen LogP contribution in [0.3, 0.4) is 0 Å². The summed E-state index contributed by atoms with van der Waals surface area (Å²) in [6, 6.07) is 4.16. The van der Waals surface area contributed by atoms with Crippen LogP contribution < -0.4 is 5.32 Å². The minimum Gasteiger partial charge on any atom is -0.383 e. The van der Waals surface area contributed by atoms with Crippen LogP contribution in [-0.2, 0) is 16.0 Å². The molecule has 1 aliphatic carbocycles. The fraction of sp³-hybridized carbons (Fsp3) is 0.565. The Kier molecular flexibility index (Phi) is 10.5. The number of imidazole rings is 1. The van der Waals surface area contributed by atoms with Crippen LogP contribution in [0.1, 0.15) is 58.2 Å². The number of fused-ring (bicyclic) bond motifs is 3. The van der Waals surface area contributed by atoms with Gasteiger partial charge in [-0.3, -0.25) is 4.79 Å². The van der Waals surface area contributed by atoms with Gasteiger partial charge in [0.2, 0.25) is 5.91 Å². The Labute approximate surface area is 183 Å². The lowest BCUT2D eigenvalue weighted by Gasteiger charge is -2.17. The van der Waals surface area contributed by atoms with Gasteiger partial charge in [-0.2, -0.15) is 5.26 Å². The van der Waals surface area contributed by atoms with E-state index in [1.54, 1.807) is 13.3 Å². The third kappa shape index (κ3) is 7.37. The van der Waals surface area contributed by atoms with Gasteiger partial charge in [-0.05, 0) is 24.8 Å². The molecule has 0 aromatic carbocycles. The summed E-state index contributed by atoms with van der Waals surface area (Å²) < 4.78 is 4.88. The second kappa shape index (κ2) is 13.4. The molecule has 0 aliphatic heterocycles. The van der Waals surface area contributed by atoms with Gasteiger partial charge in [-0.15, -0.1) is 0 Å².